The Morgan fingerprint density at radius 2 is 1.67 bits per heavy atom. The Kier molecular flexibility index (Phi) is 8.80. The number of guanidine groups is 1. The number of rotatable bonds is 6. The molecule has 5 N–H and O–H groups in total. The maximum Gasteiger partial charge on any atom is 0.335 e. The van der Waals surface area contributed by atoms with Gasteiger partial charge in [-0.05, 0) is 74.6 Å². The molecule has 0 aromatic heterocycles. The van der Waals surface area contributed by atoms with Crippen LogP contribution in [0.1, 0.15) is 48.9 Å². The number of sulfonamides is 1. The summed E-state index contributed by atoms with van der Waals surface area (Å²) in [5, 5.41) is 19.7. The molecule has 0 saturated carbocycles. The number of piperidine rings is 1. The van der Waals surface area contributed by atoms with Crippen molar-refractivity contribution >= 4 is 39.5 Å². The number of nitrogens with zero attached hydrogens (tertiary/aromatic N) is 3. The molecule has 3 aliphatic heterocycles. The number of carbonyl (C=O) groups is 3. The Balaban J connectivity index is 1.49. The number of carboxylic acids is 1. The van der Waals surface area contributed by atoms with Gasteiger partial charge in [0.05, 0.1) is 11.8 Å². The van der Waals surface area contributed by atoms with Gasteiger partial charge >= 0.3 is 5.97 Å². The summed E-state index contributed by atoms with van der Waals surface area (Å²) < 4.78 is 25.7. The Hall–Kier alpha value is -3.19. The Bertz CT molecular complexity index is 1200. The molecule has 4 rings (SSSR count). The van der Waals surface area contributed by atoms with Gasteiger partial charge in [0.2, 0.25) is 21.8 Å². The molecule has 3 fully saturated rings. The molecule has 13 heteroatoms. The normalized spacial score (nSPS) is 25.2. The van der Waals surface area contributed by atoms with Crippen LogP contribution in [0.5, 0.6) is 0 Å². The van der Waals surface area contributed by atoms with Gasteiger partial charge in [-0.2, -0.15) is 0 Å². The van der Waals surface area contributed by atoms with E-state index in [1.807, 2.05) is 0 Å². The van der Waals surface area contributed by atoms with Gasteiger partial charge in [0.25, 0.3) is 0 Å². The highest BCUT2D eigenvalue weighted by atomic mass is 32.2. The summed E-state index contributed by atoms with van der Waals surface area (Å²) in [6.45, 7) is 2.38. The van der Waals surface area contributed by atoms with E-state index in [-0.39, 0.29) is 41.1 Å². The number of aromatic carboxylic acids is 1. The van der Waals surface area contributed by atoms with Crippen molar-refractivity contribution in [3.8, 4) is 0 Å². The Morgan fingerprint density at radius 1 is 1.00 bits per heavy atom. The average Bonchev–Trinajstić information content (AvgIpc) is 3.18. The van der Waals surface area contributed by atoms with Gasteiger partial charge in [-0.25, -0.2) is 17.5 Å². The SMILES string of the molecule is CS(=O)(=O)N1CCCC(C2CC(C(=O)Nc3ccc(C(=O)O)cc3)N(C(=O)C3CCN(C(=N)N)CC3)C2)CC1. The van der Waals surface area contributed by atoms with Crippen LogP contribution >= 0.6 is 0 Å². The van der Waals surface area contributed by atoms with Crippen LogP contribution in [0.25, 0.3) is 0 Å². The van der Waals surface area contributed by atoms with Crippen LogP contribution in [0.3, 0.4) is 0 Å². The zero-order valence-corrected chi connectivity index (χ0v) is 23.0. The summed E-state index contributed by atoms with van der Waals surface area (Å²) in [6, 6.07) is 5.22. The second-order valence-electron chi connectivity index (χ2n) is 10.9. The molecule has 0 spiro atoms. The minimum absolute atomic E-state index is 0.00944. The van der Waals surface area contributed by atoms with Crippen LogP contribution in [-0.2, 0) is 19.6 Å². The lowest BCUT2D eigenvalue weighted by molar-refractivity contribution is -0.141. The molecule has 12 nitrogen and oxygen atoms in total. The number of carbonyl (C=O) groups excluding carboxylic acids is 2. The summed E-state index contributed by atoms with van der Waals surface area (Å²) >= 11 is 0. The molecular formula is C26H38N6O6S. The number of likely N-dealkylation sites (tertiary alicyclic amines) is 2. The highest BCUT2D eigenvalue weighted by Crippen LogP contribution is 2.37. The second-order valence-corrected chi connectivity index (χ2v) is 12.9. The van der Waals surface area contributed by atoms with E-state index in [1.165, 1.54) is 34.8 Å². The van der Waals surface area contributed by atoms with Crippen molar-refractivity contribution in [3.05, 3.63) is 29.8 Å². The monoisotopic (exact) mass is 562 g/mol. The van der Waals surface area contributed by atoms with Crippen molar-refractivity contribution in [2.45, 2.75) is 44.6 Å². The van der Waals surface area contributed by atoms with Crippen molar-refractivity contribution in [2.75, 3.05) is 44.3 Å². The summed E-state index contributed by atoms with van der Waals surface area (Å²) in [4.78, 5) is 41.8. The molecule has 0 radical (unpaired) electrons. The predicted molar refractivity (Wildman–Crippen MR) is 146 cm³/mol. The molecule has 3 aliphatic rings. The van der Waals surface area contributed by atoms with Gasteiger partial charge in [-0.1, -0.05) is 0 Å². The van der Waals surface area contributed by atoms with E-state index in [9.17, 15) is 22.8 Å². The van der Waals surface area contributed by atoms with Crippen molar-refractivity contribution in [2.24, 2.45) is 23.5 Å². The van der Waals surface area contributed by atoms with Gasteiger partial charge < -0.3 is 26.0 Å². The molecule has 1 aromatic rings. The topological polar surface area (TPSA) is 177 Å². The maximum absolute atomic E-state index is 13.7. The molecule has 214 valence electrons. The van der Waals surface area contributed by atoms with Gasteiger partial charge in [0.15, 0.2) is 5.96 Å². The first-order valence-electron chi connectivity index (χ1n) is 13.4. The fraction of sp³-hybridized carbons (Fsp3) is 0.615. The highest BCUT2D eigenvalue weighted by molar-refractivity contribution is 7.88. The third-order valence-corrected chi connectivity index (χ3v) is 9.67. The quantitative estimate of drug-likeness (QED) is 0.295. The van der Waals surface area contributed by atoms with E-state index in [2.05, 4.69) is 5.32 Å². The van der Waals surface area contributed by atoms with Crippen LogP contribution in [0.4, 0.5) is 5.69 Å². The van der Waals surface area contributed by atoms with E-state index < -0.39 is 22.0 Å². The fourth-order valence-electron chi connectivity index (χ4n) is 6.12. The third-order valence-electron chi connectivity index (χ3n) is 8.37. The first-order chi connectivity index (χ1) is 18.4. The van der Waals surface area contributed by atoms with Gasteiger partial charge in [-0.15, -0.1) is 0 Å². The zero-order chi connectivity index (χ0) is 28.3. The van der Waals surface area contributed by atoms with E-state index in [1.54, 1.807) is 9.80 Å². The molecule has 1 aromatic carbocycles. The molecule has 3 heterocycles. The third kappa shape index (κ3) is 6.88. The maximum atomic E-state index is 13.7. The molecule has 39 heavy (non-hydrogen) atoms. The van der Waals surface area contributed by atoms with Gasteiger partial charge in [0.1, 0.15) is 6.04 Å². The van der Waals surface area contributed by atoms with Crippen molar-refractivity contribution in [1.82, 2.24) is 14.1 Å². The highest BCUT2D eigenvalue weighted by Gasteiger charge is 2.44. The molecule has 3 saturated heterocycles. The van der Waals surface area contributed by atoms with Crippen LogP contribution in [0, 0.1) is 23.2 Å². The lowest BCUT2D eigenvalue weighted by Crippen LogP contribution is -2.49. The molecule has 0 bridgehead atoms. The summed E-state index contributed by atoms with van der Waals surface area (Å²) in [6.07, 6.45) is 5.07. The van der Waals surface area contributed by atoms with Crippen molar-refractivity contribution in [3.63, 3.8) is 0 Å². The molecule has 0 aliphatic carbocycles. The van der Waals surface area contributed by atoms with Gasteiger partial charge in [-0.3, -0.25) is 15.0 Å². The largest absolute Gasteiger partial charge is 0.478 e. The molecule has 3 unspecified atom stereocenters. The lowest BCUT2D eigenvalue weighted by Gasteiger charge is -2.34. The Labute approximate surface area is 229 Å². The minimum Gasteiger partial charge on any atom is -0.478 e. The van der Waals surface area contributed by atoms with Crippen molar-refractivity contribution < 1.29 is 27.9 Å². The number of hydrogen-bond donors (Lipinski definition) is 4. The molecular weight excluding hydrogens is 524 g/mol. The number of hydrogen-bond acceptors (Lipinski definition) is 6. The average molecular weight is 563 g/mol. The fourth-order valence-corrected chi connectivity index (χ4v) is 7.02. The zero-order valence-electron chi connectivity index (χ0n) is 22.2. The number of benzene rings is 1. The number of amides is 2. The van der Waals surface area contributed by atoms with Crippen LogP contribution in [0.2, 0.25) is 0 Å². The smallest absolute Gasteiger partial charge is 0.335 e. The van der Waals surface area contributed by atoms with Crippen LogP contribution < -0.4 is 11.1 Å². The van der Waals surface area contributed by atoms with Crippen molar-refractivity contribution in [1.29, 1.82) is 5.41 Å². The summed E-state index contributed by atoms with van der Waals surface area (Å²) in [5.74, 6) is -1.47. The number of anilines is 1. The second kappa shape index (κ2) is 11.9. The first-order valence-corrected chi connectivity index (χ1v) is 15.3. The summed E-state index contributed by atoms with van der Waals surface area (Å²) in [5.41, 5.74) is 6.17. The number of nitrogens with two attached hydrogens (primary N) is 1. The van der Waals surface area contributed by atoms with E-state index >= 15 is 0 Å². The standard InChI is InChI=1S/C26H38N6O6S/c1-39(37,38)31-11-2-3-17(10-14-31)20-15-22(23(33)29-21-6-4-19(5-7-21)25(35)36)32(16-20)24(34)18-8-12-30(13-9-18)26(27)28/h4-7,17-18,20,22H,2-3,8-16H2,1H3,(H3,27,28)(H,29,33)(H,35,36). The van der Waals surface area contributed by atoms with Crippen LogP contribution in [-0.4, -0.2) is 96.4 Å². The van der Waals surface area contributed by atoms with E-state index in [0.717, 1.165) is 12.8 Å². The number of nitrogens with one attached hydrogen (secondary N) is 2. The molecule has 3 atom stereocenters. The van der Waals surface area contributed by atoms with E-state index in [4.69, 9.17) is 16.2 Å². The Morgan fingerprint density at radius 3 is 2.26 bits per heavy atom. The predicted octanol–water partition coefficient (Wildman–Crippen LogP) is 1.21. The molecule has 2 amide bonds. The lowest BCUT2D eigenvalue weighted by atomic mass is 9.84. The first kappa shape index (κ1) is 28.8. The minimum atomic E-state index is -3.27. The summed E-state index contributed by atoms with van der Waals surface area (Å²) in [7, 11) is -3.27. The van der Waals surface area contributed by atoms with Crippen LogP contribution in [0.15, 0.2) is 24.3 Å². The number of carboxylic acid groups (broad SMARTS) is 1. The van der Waals surface area contributed by atoms with E-state index in [0.29, 0.717) is 64.1 Å². The van der Waals surface area contributed by atoms with Gasteiger partial charge in [0, 0.05) is 44.3 Å².